The highest BCUT2D eigenvalue weighted by Gasteiger charge is 2.29. The van der Waals surface area contributed by atoms with Crippen molar-refractivity contribution in [1.29, 1.82) is 0 Å². The molecule has 0 saturated carbocycles. The van der Waals surface area contributed by atoms with Gasteiger partial charge in [-0.1, -0.05) is 45.7 Å². The van der Waals surface area contributed by atoms with Crippen molar-refractivity contribution in [3.8, 4) is 0 Å². The number of aryl methyl sites for hydroxylation is 1. The van der Waals surface area contributed by atoms with Crippen LogP contribution in [0.3, 0.4) is 0 Å². The van der Waals surface area contributed by atoms with Crippen molar-refractivity contribution in [2.24, 2.45) is 5.41 Å². The number of fused-ring (bicyclic) bond motifs is 1. The Hall–Kier alpha value is -1.96. The number of carbonyl (C=O) groups excluding carboxylic acids is 1. The maximum Gasteiger partial charge on any atom is 0.243 e. The van der Waals surface area contributed by atoms with Gasteiger partial charge in [0.05, 0.1) is 16.6 Å². The van der Waals surface area contributed by atoms with Gasteiger partial charge in [-0.15, -0.1) is 0 Å². The number of rotatable bonds is 10. The summed E-state index contributed by atoms with van der Waals surface area (Å²) in [7, 11) is 0. The summed E-state index contributed by atoms with van der Waals surface area (Å²) in [6.07, 6.45) is 7.80. The molecule has 0 saturated heterocycles. The number of anilines is 1. The number of imidazole rings is 1. The molecule has 3 rings (SSSR count). The molecule has 1 aromatic heterocycles. The standard InChI is InChI=1S/C27H41ClFN5O/c1-7-9-23(32-22-11-8-10-18-14-21(29)20(28)15-19(18)22)24(35)33-25-31-12-13-34(25)27(5,6)17-30-16-26(2,3)4/h12-15,22-23,30,32H,7-11,16-17H2,1-6H3,(H,31,33,35)/t22-,23-/m0/s1. The number of hydrogen-bond donors (Lipinski definition) is 3. The van der Waals surface area contributed by atoms with Crippen LogP contribution in [0.4, 0.5) is 10.3 Å². The summed E-state index contributed by atoms with van der Waals surface area (Å²) in [5.41, 5.74) is 1.87. The first kappa shape index (κ1) is 27.6. The number of nitrogens with one attached hydrogen (secondary N) is 3. The smallest absolute Gasteiger partial charge is 0.243 e. The number of nitrogens with zero attached hydrogens (tertiary/aromatic N) is 2. The zero-order valence-corrected chi connectivity index (χ0v) is 22.7. The van der Waals surface area contributed by atoms with E-state index in [0.29, 0.717) is 12.4 Å². The molecule has 2 aromatic rings. The van der Waals surface area contributed by atoms with Crippen molar-refractivity contribution in [3.63, 3.8) is 0 Å². The van der Waals surface area contributed by atoms with Gasteiger partial charge in [0.25, 0.3) is 0 Å². The molecule has 1 aliphatic carbocycles. The van der Waals surface area contributed by atoms with E-state index in [-0.39, 0.29) is 33.7 Å². The van der Waals surface area contributed by atoms with Crippen LogP contribution in [0.25, 0.3) is 0 Å². The maximum absolute atomic E-state index is 14.0. The number of amides is 1. The topological polar surface area (TPSA) is 71.0 Å². The SMILES string of the molecule is CCC[C@H](N[C@H]1CCCc2cc(F)c(Cl)cc21)C(=O)Nc1nccn1C(C)(C)CNCC(C)(C)C. The maximum atomic E-state index is 14.0. The van der Waals surface area contributed by atoms with Crippen LogP contribution in [-0.4, -0.2) is 34.6 Å². The fraction of sp³-hybridized carbons (Fsp3) is 0.630. The summed E-state index contributed by atoms with van der Waals surface area (Å²) in [5.74, 6) is 0.0352. The van der Waals surface area contributed by atoms with Gasteiger partial charge in [0.15, 0.2) is 0 Å². The molecule has 1 heterocycles. The van der Waals surface area contributed by atoms with Gasteiger partial charge in [0.1, 0.15) is 5.82 Å². The minimum absolute atomic E-state index is 0.0445. The van der Waals surface area contributed by atoms with Crippen LogP contribution in [-0.2, 0) is 16.8 Å². The summed E-state index contributed by atoms with van der Waals surface area (Å²) in [6.45, 7) is 14.6. The number of aromatic nitrogens is 2. The van der Waals surface area contributed by atoms with Gasteiger partial charge < -0.3 is 9.88 Å². The molecule has 1 aliphatic rings. The van der Waals surface area contributed by atoms with Crippen LogP contribution in [0.1, 0.15) is 84.4 Å². The molecule has 35 heavy (non-hydrogen) atoms. The van der Waals surface area contributed by atoms with Gasteiger partial charge in [-0.05, 0) is 68.2 Å². The molecule has 0 bridgehead atoms. The van der Waals surface area contributed by atoms with Crippen molar-refractivity contribution >= 4 is 23.5 Å². The van der Waals surface area contributed by atoms with Crippen molar-refractivity contribution in [2.45, 2.75) is 91.3 Å². The average Bonchev–Trinajstić information content (AvgIpc) is 3.22. The third-order valence-electron chi connectivity index (χ3n) is 6.53. The van der Waals surface area contributed by atoms with E-state index >= 15 is 0 Å². The summed E-state index contributed by atoms with van der Waals surface area (Å²) in [5, 5.41) is 10.3. The van der Waals surface area contributed by atoms with E-state index in [9.17, 15) is 9.18 Å². The summed E-state index contributed by atoms with van der Waals surface area (Å²) in [4.78, 5) is 17.8. The predicted octanol–water partition coefficient (Wildman–Crippen LogP) is 5.82. The Bertz CT molecular complexity index is 1010. The predicted molar refractivity (Wildman–Crippen MR) is 141 cm³/mol. The quantitative estimate of drug-likeness (QED) is 0.380. The highest BCUT2D eigenvalue weighted by atomic mass is 35.5. The summed E-state index contributed by atoms with van der Waals surface area (Å²) >= 11 is 6.09. The second-order valence-corrected chi connectivity index (χ2v) is 11.9. The Morgan fingerprint density at radius 1 is 1.26 bits per heavy atom. The van der Waals surface area contributed by atoms with Crippen LogP contribution in [0.15, 0.2) is 24.5 Å². The van der Waals surface area contributed by atoms with Crippen molar-refractivity contribution in [3.05, 3.63) is 46.5 Å². The minimum Gasteiger partial charge on any atom is -0.314 e. The molecule has 194 valence electrons. The summed E-state index contributed by atoms with van der Waals surface area (Å²) in [6, 6.07) is 2.81. The molecule has 8 heteroatoms. The highest BCUT2D eigenvalue weighted by molar-refractivity contribution is 6.30. The van der Waals surface area contributed by atoms with Crippen LogP contribution in [0.5, 0.6) is 0 Å². The first-order chi connectivity index (χ1) is 16.4. The van der Waals surface area contributed by atoms with Crippen LogP contribution in [0.2, 0.25) is 5.02 Å². The lowest BCUT2D eigenvalue weighted by atomic mass is 9.87. The zero-order chi connectivity index (χ0) is 25.8. The lowest BCUT2D eigenvalue weighted by molar-refractivity contribution is -0.118. The van der Waals surface area contributed by atoms with Crippen LogP contribution < -0.4 is 16.0 Å². The Morgan fingerprint density at radius 2 is 2.00 bits per heavy atom. The number of benzene rings is 1. The molecular weight excluding hydrogens is 465 g/mol. The number of halogens is 2. The highest BCUT2D eigenvalue weighted by Crippen LogP contribution is 2.34. The minimum atomic E-state index is -0.396. The summed E-state index contributed by atoms with van der Waals surface area (Å²) < 4.78 is 16.0. The monoisotopic (exact) mass is 505 g/mol. The lowest BCUT2D eigenvalue weighted by Gasteiger charge is -2.32. The Labute approximate surface area is 214 Å². The molecule has 0 radical (unpaired) electrons. The van der Waals surface area contributed by atoms with E-state index in [1.165, 1.54) is 6.07 Å². The molecule has 1 amide bonds. The normalized spacial score (nSPS) is 17.2. The van der Waals surface area contributed by atoms with E-state index in [4.69, 9.17) is 11.6 Å². The van der Waals surface area contributed by atoms with Gasteiger partial charge in [-0.3, -0.25) is 15.4 Å². The van der Waals surface area contributed by atoms with Gasteiger partial charge in [0, 0.05) is 31.5 Å². The molecule has 0 fully saturated rings. The molecule has 3 N–H and O–H groups in total. The van der Waals surface area contributed by atoms with Gasteiger partial charge in [-0.2, -0.15) is 0 Å². The van der Waals surface area contributed by atoms with Gasteiger partial charge in [0.2, 0.25) is 11.9 Å². The molecular formula is C27H41ClFN5O. The molecule has 0 aliphatic heterocycles. The molecule has 6 nitrogen and oxygen atoms in total. The Kier molecular flexibility index (Phi) is 9.00. The second-order valence-electron chi connectivity index (χ2n) is 11.5. The molecule has 0 unspecified atom stereocenters. The third-order valence-corrected chi connectivity index (χ3v) is 6.82. The molecule has 1 aromatic carbocycles. The number of carbonyl (C=O) groups is 1. The van der Waals surface area contributed by atoms with Gasteiger partial charge >= 0.3 is 0 Å². The van der Waals surface area contributed by atoms with E-state index in [1.807, 2.05) is 10.8 Å². The van der Waals surface area contributed by atoms with Crippen molar-refractivity contribution in [2.75, 3.05) is 18.4 Å². The lowest BCUT2D eigenvalue weighted by Crippen LogP contribution is -2.45. The molecule has 0 spiro atoms. The van der Waals surface area contributed by atoms with Gasteiger partial charge in [-0.25, -0.2) is 9.37 Å². The fourth-order valence-electron chi connectivity index (χ4n) is 4.70. The van der Waals surface area contributed by atoms with Crippen LogP contribution in [0, 0.1) is 11.2 Å². The van der Waals surface area contributed by atoms with E-state index in [2.05, 4.69) is 62.5 Å². The Morgan fingerprint density at radius 3 is 2.69 bits per heavy atom. The first-order valence-corrected chi connectivity index (χ1v) is 13.1. The van der Waals surface area contributed by atoms with E-state index in [0.717, 1.165) is 49.9 Å². The molecule has 2 atom stereocenters. The van der Waals surface area contributed by atoms with Crippen molar-refractivity contribution in [1.82, 2.24) is 20.2 Å². The average molecular weight is 506 g/mol. The second kappa shape index (κ2) is 11.4. The zero-order valence-electron chi connectivity index (χ0n) is 22.0. The van der Waals surface area contributed by atoms with Crippen LogP contribution >= 0.6 is 11.6 Å². The number of hydrogen-bond acceptors (Lipinski definition) is 4. The first-order valence-electron chi connectivity index (χ1n) is 12.7. The third kappa shape index (κ3) is 7.28. The Balaban J connectivity index is 1.72. The largest absolute Gasteiger partial charge is 0.314 e. The van der Waals surface area contributed by atoms with E-state index in [1.54, 1.807) is 12.3 Å². The van der Waals surface area contributed by atoms with Crippen molar-refractivity contribution < 1.29 is 9.18 Å². The fourth-order valence-corrected chi connectivity index (χ4v) is 4.87. The van der Waals surface area contributed by atoms with E-state index < -0.39 is 6.04 Å².